The van der Waals surface area contributed by atoms with Gasteiger partial charge in [-0.3, -0.25) is 0 Å². The molecule has 0 spiro atoms. The molecule has 1 aromatic heterocycles. The summed E-state index contributed by atoms with van der Waals surface area (Å²) in [4.78, 5) is 21.5. The van der Waals surface area contributed by atoms with Crippen molar-refractivity contribution in [2.24, 2.45) is 0 Å². The number of carboxylic acid groups (broad SMARTS) is 2. The molecule has 122 valence electrons. The Kier molecular flexibility index (Phi) is 4.60. The minimum absolute atomic E-state index is 0.0870. The van der Waals surface area contributed by atoms with Gasteiger partial charge >= 0.3 is 18.1 Å². The summed E-state index contributed by atoms with van der Waals surface area (Å²) in [5, 5.41) is 19.0. The maximum absolute atomic E-state index is 12.8. The SMILES string of the molecule is O=C(O)COc1c(-c2cccc(C(F)(F)F)c2)csc1C(=O)O. The predicted octanol–water partition coefficient (Wildman–Crippen LogP) is 3.60. The first kappa shape index (κ1) is 16.8. The van der Waals surface area contributed by atoms with Crippen molar-refractivity contribution in [2.75, 3.05) is 6.61 Å². The molecular weight excluding hydrogens is 337 g/mol. The Balaban J connectivity index is 2.51. The van der Waals surface area contributed by atoms with Crippen molar-refractivity contribution < 1.29 is 37.7 Å². The van der Waals surface area contributed by atoms with E-state index < -0.39 is 30.3 Å². The molecule has 5 nitrogen and oxygen atoms in total. The average Bonchev–Trinajstić information content (AvgIpc) is 2.88. The van der Waals surface area contributed by atoms with E-state index in [9.17, 15) is 22.8 Å². The number of benzene rings is 1. The summed E-state index contributed by atoms with van der Waals surface area (Å²) in [7, 11) is 0. The molecule has 1 heterocycles. The molecule has 2 N–H and O–H groups in total. The highest BCUT2D eigenvalue weighted by Gasteiger charge is 2.31. The Bertz CT molecular complexity index is 751. The number of aliphatic carboxylic acids is 1. The van der Waals surface area contributed by atoms with Crippen molar-refractivity contribution in [3.63, 3.8) is 0 Å². The van der Waals surface area contributed by atoms with Crippen LogP contribution in [0.3, 0.4) is 0 Å². The van der Waals surface area contributed by atoms with Crippen LogP contribution in [-0.4, -0.2) is 28.8 Å². The molecule has 2 rings (SSSR count). The first-order valence-electron chi connectivity index (χ1n) is 6.07. The lowest BCUT2D eigenvalue weighted by Gasteiger charge is -2.10. The summed E-state index contributed by atoms with van der Waals surface area (Å²) in [6, 6.07) is 4.26. The average molecular weight is 346 g/mol. The topological polar surface area (TPSA) is 83.8 Å². The van der Waals surface area contributed by atoms with Crippen LogP contribution in [0.1, 0.15) is 15.2 Å². The van der Waals surface area contributed by atoms with Gasteiger partial charge in [0.1, 0.15) is 0 Å². The number of alkyl halides is 3. The van der Waals surface area contributed by atoms with Crippen molar-refractivity contribution >= 4 is 23.3 Å². The van der Waals surface area contributed by atoms with E-state index in [0.29, 0.717) is 0 Å². The lowest BCUT2D eigenvalue weighted by atomic mass is 10.0. The summed E-state index contributed by atoms with van der Waals surface area (Å²) < 4.78 is 43.3. The normalized spacial score (nSPS) is 11.3. The van der Waals surface area contributed by atoms with E-state index in [4.69, 9.17) is 14.9 Å². The highest BCUT2D eigenvalue weighted by molar-refractivity contribution is 7.12. The van der Waals surface area contributed by atoms with Gasteiger partial charge in [0.25, 0.3) is 0 Å². The Morgan fingerprint density at radius 2 is 1.91 bits per heavy atom. The summed E-state index contributed by atoms with van der Waals surface area (Å²) >= 11 is 0.745. The van der Waals surface area contributed by atoms with E-state index >= 15 is 0 Å². The third-order valence-corrected chi connectivity index (χ3v) is 3.73. The lowest BCUT2D eigenvalue weighted by molar-refractivity contribution is -0.139. The molecule has 0 saturated carbocycles. The van der Waals surface area contributed by atoms with Crippen molar-refractivity contribution in [3.05, 3.63) is 40.1 Å². The number of thiophene rings is 1. The van der Waals surface area contributed by atoms with Crippen molar-refractivity contribution in [3.8, 4) is 16.9 Å². The fourth-order valence-electron chi connectivity index (χ4n) is 1.83. The van der Waals surface area contributed by atoms with E-state index in [0.717, 1.165) is 23.5 Å². The van der Waals surface area contributed by atoms with E-state index in [-0.39, 0.29) is 21.8 Å². The highest BCUT2D eigenvalue weighted by atomic mass is 32.1. The van der Waals surface area contributed by atoms with Gasteiger partial charge < -0.3 is 14.9 Å². The van der Waals surface area contributed by atoms with Gasteiger partial charge in [-0.1, -0.05) is 12.1 Å². The fourth-order valence-corrected chi connectivity index (χ4v) is 2.69. The second kappa shape index (κ2) is 6.29. The van der Waals surface area contributed by atoms with Gasteiger partial charge in [-0.15, -0.1) is 11.3 Å². The maximum Gasteiger partial charge on any atom is 0.416 e. The Hall–Kier alpha value is -2.55. The van der Waals surface area contributed by atoms with Crippen LogP contribution in [0.4, 0.5) is 13.2 Å². The molecule has 9 heteroatoms. The third kappa shape index (κ3) is 3.81. The monoisotopic (exact) mass is 346 g/mol. The summed E-state index contributed by atoms with van der Waals surface area (Å²) in [5.74, 6) is -2.94. The molecular formula is C14H9F3O5S. The molecule has 0 fully saturated rings. The van der Waals surface area contributed by atoms with Crippen LogP contribution in [0.25, 0.3) is 11.1 Å². The summed E-state index contributed by atoms with van der Waals surface area (Å²) in [6.07, 6.45) is -4.55. The number of rotatable bonds is 5. The summed E-state index contributed by atoms with van der Waals surface area (Å²) in [5.41, 5.74) is -0.717. The van der Waals surface area contributed by atoms with Gasteiger partial charge in [-0.05, 0) is 17.7 Å². The predicted molar refractivity (Wildman–Crippen MR) is 74.8 cm³/mol. The van der Waals surface area contributed by atoms with E-state index in [1.807, 2.05) is 0 Å². The van der Waals surface area contributed by atoms with Crippen LogP contribution in [0.15, 0.2) is 29.6 Å². The van der Waals surface area contributed by atoms with Gasteiger partial charge in [-0.2, -0.15) is 13.2 Å². The summed E-state index contributed by atoms with van der Waals surface area (Å²) in [6.45, 7) is -0.803. The Morgan fingerprint density at radius 1 is 1.22 bits per heavy atom. The van der Waals surface area contributed by atoms with Gasteiger partial charge in [0, 0.05) is 10.9 Å². The standard InChI is InChI=1S/C14H9F3O5S/c15-14(16,17)8-3-1-2-7(4-8)9-6-23-12(13(20)21)11(9)22-5-10(18)19/h1-4,6H,5H2,(H,18,19)(H,20,21). The second-order valence-corrected chi connectivity index (χ2v) is 5.25. The number of hydrogen-bond donors (Lipinski definition) is 2. The molecule has 0 aliphatic heterocycles. The van der Waals surface area contributed by atoms with Crippen molar-refractivity contribution in [1.29, 1.82) is 0 Å². The van der Waals surface area contributed by atoms with Crippen LogP contribution < -0.4 is 4.74 Å². The van der Waals surface area contributed by atoms with Crippen LogP contribution in [0.5, 0.6) is 5.75 Å². The van der Waals surface area contributed by atoms with Crippen molar-refractivity contribution in [1.82, 2.24) is 0 Å². The third-order valence-electron chi connectivity index (χ3n) is 2.78. The fraction of sp³-hybridized carbons (Fsp3) is 0.143. The molecule has 0 aliphatic rings. The molecule has 2 aromatic rings. The lowest BCUT2D eigenvalue weighted by Crippen LogP contribution is -2.11. The number of carboxylic acids is 2. The van der Waals surface area contributed by atoms with Crippen LogP contribution in [0, 0.1) is 0 Å². The quantitative estimate of drug-likeness (QED) is 0.864. The number of hydrogen-bond acceptors (Lipinski definition) is 4. The van der Waals surface area contributed by atoms with Gasteiger partial charge in [-0.25, -0.2) is 9.59 Å². The van der Waals surface area contributed by atoms with Crippen molar-refractivity contribution in [2.45, 2.75) is 6.18 Å². The molecule has 0 atom stereocenters. The smallest absolute Gasteiger partial charge is 0.416 e. The number of halogens is 3. The number of carbonyl (C=O) groups is 2. The molecule has 0 radical (unpaired) electrons. The highest BCUT2D eigenvalue weighted by Crippen LogP contribution is 2.40. The Labute approximate surface area is 131 Å². The first-order chi connectivity index (χ1) is 10.7. The maximum atomic E-state index is 12.8. The van der Waals surface area contributed by atoms with Gasteiger partial charge in [0.15, 0.2) is 17.2 Å². The molecule has 0 amide bonds. The molecule has 0 saturated heterocycles. The molecule has 0 bridgehead atoms. The Morgan fingerprint density at radius 3 is 2.48 bits per heavy atom. The van der Waals surface area contributed by atoms with Crippen LogP contribution >= 0.6 is 11.3 Å². The van der Waals surface area contributed by atoms with E-state index in [1.54, 1.807) is 0 Å². The zero-order valence-electron chi connectivity index (χ0n) is 11.3. The zero-order chi connectivity index (χ0) is 17.2. The molecule has 0 unspecified atom stereocenters. The van der Waals surface area contributed by atoms with E-state index in [1.165, 1.54) is 17.5 Å². The number of ether oxygens (including phenoxy) is 1. The zero-order valence-corrected chi connectivity index (χ0v) is 12.1. The van der Waals surface area contributed by atoms with Crippen LogP contribution in [-0.2, 0) is 11.0 Å². The van der Waals surface area contributed by atoms with Gasteiger partial charge in [0.2, 0.25) is 0 Å². The molecule has 0 aliphatic carbocycles. The number of aromatic carboxylic acids is 1. The van der Waals surface area contributed by atoms with Gasteiger partial charge in [0.05, 0.1) is 5.56 Å². The first-order valence-corrected chi connectivity index (χ1v) is 6.95. The van der Waals surface area contributed by atoms with E-state index in [2.05, 4.69) is 0 Å². The minimum atomic E-state index is -4.55. The minimum Gasteiger partial charge on any atom is -0.479 e. The van der Waals surface area contributed by atoms with Crippen LogP contribution in [0.2, 0.25) is 0 Å². The largest absolute Gasteiger partial charge is 0.479 e. The molecule has 1 aromatic carbocycles. The second-order valence-electron chi connectivity index (χ2n) is 4.37. The molecule has 23 heavy (non-hydrogen) atoms.